The van der Waals surface area contributed by atoms with Crippen LogP contribution in [0, 0.1) is 0 Å². The molecule has 1 aromatic carbocycles. The highest BCUT2D eigenvalue weighted by Gasteiger charge is 2.16. The van der Waals surface area contributed by atoms with E-state index in [0.717, 1.165) is 52.2 Å². The number of hydrogen-bond donors (Lipinski definition) is 2. The highest BCUT2D eigenvalue weighted by atomic mass is 15.3. The minimum Gasteiger partial charge on any atom is -0.370 e. The number of nitrogens with two attached hydrogens (primary N) is 1. The van der Waals surface area contributed by atoms with E-state index >= 15 is 0 Å². The molecule has 0 radical (unpaired) electrons. The lowest BCUT2D eigenvalue weighted by atomic mass is 10.1. The second kappa shape index (κ2) is 9.04. The average molecular weight is 332 g/mol. The lowest BCUT2D eigenvalue weighted by Gasteiger charge is -2.34. The van der Waals surface area contributed by atoms with Gasteiger partial charge in [0.15, 0.2) is 5.96 Å². The van der Waals surface area contributed by atoms with E-state index in [1.165, 1.54) is 5.56 Å². The number of hydrogen-bond acceptors (Lipinski definition) is 3. The van der Waals surface area contributed by atoms with Gasteiger partial charge in [0.2, 0.25) is 0 Å². The van der Waals surface area contributed by atoms with Gasteiger partial charge >= 0.3 is 0 Å². The number of aliphatic imine (C=N–C) groups is 1. The summed E-state index contributed by atoms with van der Waals surface area (Å²) in [6.45, 7) is 13.8. The molecule has 0 amide bonds. The molecule has 24 heavy (non-hydrogen) atoms. The molecule has 3 N–H and O–H groups in total. The number of piperazine rings is 1. The fourth-order valence-electron chi connectivity index (χ4n) is 2.93. The molecule has 1 aliphatic heterocycles. The van der Waals surface area contributed by atoms with E-state index < -0.39 is 0 Å². The third-order valence-corrected chi connectivity index (χ3v) is 4.13. The van der Waals surface area contributed by atoms with E-state index in [1.54, 1.807) is 0 Å². The average Bonchev–Trinajstić information content (AvgIpc) is 2.52. The molecule has 0 unspecified atom stereocenters. The molecule has 1 saturated heterocycles. The van der Waals surface area contributed by atoms with Crippen molar-refractivity contribution in [3.63, 3.8) is 0 Å². The van der Waals surface area contributed by atoms with Crippen molar-refractivity contribution in [3.8, 4) is 0 Å². The monoisotopic (exact) mass is 331 g/mol. The van der Waals surface area contributed by atoms with Crippen molar-refractivity contribution in [3.05, 3.63) is 35.9 Å². The van der Waals surface area contributed by atoms with Gasteiger partial charge < -0.3 is 16.0 Å². The van der Waals surface area contributed by atoms with Crippen molar-refractivity contribution < 1.29 is 0 Å². The van der Waals surface area contributed by atoms with Crippen molar-refractivity contribution >= 4 is 5.96 Å². The van der Waals surface area contributed by atoms with Crippen LogP contribution in [-0.4, -0.2) is 60.6 Å². The van der Waals surface area contributed by atoms with Gasteiger partial charge in [-0.3, -0.25) is 9.89 Å². The quantitative estimate of drug-likeness (QED) is 0.475. The lowest BCUT2D eigenvalue weighted by Crippen LogP contribution is -2.46. The predicted octanol–water partition coefficient (Wildman–Crippen LogP) is 1.90. The Morgan fingerprint density at radius 1 is 1.08 bits per heavy atom. The molecule has 5 heteroatoms. The Balaban J connectivity index is 1.60. The SMILES string of the molecule is CC(C)(C)NC(N)=NCCCN1CCN(Cc2ccccc2)CC1. The fraction of sp³-hybridized carbons (Fsp3) is 0.632. The molecule has 0 spiro atoms. The van der Waals surface area contributed by atoms with E-state index in [2.05, 4.69) is 71.2 Å². The summed E-state index contributed by atoms with van der Waals surface area (Å²) in [5.41, 5.74) is 7.27. The van der Waals surface area contributed by atoms with E-state index in [0.29, 0.717) is 5.96 Å². The maximum absolute atomic E-state index is 5.89. The van der Waals surface area contributed by atoms with Crippen molar-refractivity contribution in [1.29, 1.82) is 0 Å². The summed E-state index contributed by atoms with van der Waals surface area (Å²) in [5, 5.41) is 3.19. The summed E-state index contributed by atoms with van der Waals surface area (Å²) in [5.74, 6) is 0.551. The molecule has 2 rings (SSSR count). The second-order valence-corrected chi connectivity index (χ2v) is 7.60. The second-order valence-electron chi connectivity index (χ2n) is 7.60. The molecule has 0 saturated carbocycles. The standard InChI is InChI=1S/C19H33N5/c1-19(2,3)22-18(20)21-10-7-11-23-12-14-24(15-13-23)16-17-8-5-4-6-9-17/h4-6,8-9H,7,10-16H2,1-3H3,(H3,20,21,22). The van der Waals surface area contributed by atoms with Gasteiger partial charge in [0.1, 0.15) is 0 Å². The number of rotatable bonds is 6. The summed E-state index contributed by atoms with van der Waals surface area (Å²) in [7, 11) is 0. The Morgan fingerprint density at radius 2 is 1.71 bits per heavy atom. The first-order valence-corrected chi connectivity index (χ1v) is 8.99. The molecular weight excluding hydrogens is 298 g/mol. The number of guanidine groups is 1. The summed E-state index contributed by atoms with van der Waals surface area (Å²) in [4.78, 5) is 9.48. The zero-order chi connectivity index (χ0) is 17.4. The van der Waals surface area contributed by atoms with Crippen molar-refractivity contribution in [2.24, 2.45) is 10.7 Å². The van der Waals surface area contributed by atoms with E-state index in [1.807, 2.05) is 0 Å². The summed E-state index contributed by atoms with van der Waals surface area (Å²) in [6, 6.07) is 10.7. The van der Waals surface area contributed by atoms with Crippen molar-refractivity contribution in [2.45, 2.75) is 39.3 Å². The summed E-state index contributed by atoms with van der Waals surface area (Å²) in [6.07, 6.45) is 1.06. The van der Waals surface area contributed by atoms with Gasteiger partial charge in [0.05, 0.1) is 0 Å². The van der Waals surface area contributed by atoms with Crippen LogP contribution in [0.25, 0.3) is 0 Å². The van der Waals surface area contributed by atoms with Crippen LogP contribution in [0.3, 0.4) is 0 Å². The molecule has 1 heterocycles. The zero-order valence-corrected chi connectivity index (χ0v) is 15.5. The first-order valence-electron chi connectivity index (χ1n) is 8.99. The van der Waals surface area contributed by atoms with Crippen LogP contribution in [0.4, 0.5) is 0 Å². The molecule has 1 aromatic rings. The number of benzene rings is 1. The van der Waals surface area contributed by atoms with Gasteiger partial charge in [0.25, 0.3) is 0 Å². The van der Waals surface area contributed by atoms with E-state index in [9.17, 15) is 0 Å². The minimum atomic E-state index is -0.0251. The third kappa shape index (κ3) is 7.32. The van der Waals surface area contributed by atoms with Crippen LogP contribution in [0.5, 0.6) is 0 Å². The van der Waals surface area contributed by atoms with Gasteiger partial charge in [-0.25, -0.2) is 0 Å². The molecule has 1 fully saturated rings. The molecule has 0 aromatic heterocycles. The predicted molar refractivity (Wildman–Crippen MR) is 102 cm³/mol. The smallest absolute Gasteiger partial charge is 0.188 e. The molecule has 5 nitrogen and oxygen atoms in total. The van der Waals surface area contributed by atoms with Crippen molar-refractivity contribution in [2.75, 3.05) is 39.3 Å². The fourth-order valence-corrected chi connectivity index (χ4v) is 2.93. The van der Waals surface area contributed by atoms with Crippen LogP contribution in [0.15, 0.2) is 35.3 Å². The first-order chi connectivity index (χ1) is 11.4. The maximum atomic E-state index is 5.89. The largest absolute Gasteiger partial charge is 0.370 e. The zero-order valence-electron chi connectivity index (χ0n) is 15.5. The maximum Gasteiger partial charge on any atom is 0.188 e. The van der Waals surface area contributed by atoms with Crippen LogP contribution < -0.4 is 11.1 Å². The molecule has 134 valence electrons. The van der Waals surface area contributed by atoms with Gasteiger partial charge in [-0.05, 0) is 32.8 Å². The van der Waals surface area contributed by atoms with Crippen LogP contribution in [0.2, 0.25) is 0 Å². The minimum absolute atomic E-state index is 0.0251. The van der Waals surface area contributed by atoms with E-state index in [-0.39, 0.29) is 5.54 Å². The topological polar surface area (TPSA) is 56.9 Å². The normalized spacial score (nSPS) is 17.9. The van der Waals surface area contributed by atoms with Gasteiger partial charge in [-0.2, -0.15) is 0 Å². The van der Waals surface area contributed by atoms with Crippen LogP contribution in [-0.2, 0) is 6.54 Å². The Labute approximate surface area is 146 Å². The number of nitrogens with one attached hydrogen (secondary N) is 1. The molecule has 0 aliphatic carbocycles. The molecule has 1 aliphatic rings. The Bertz CT molecular complexity index is 498. The van der Waals surface area contributed by atoms with Gasteiger partial charge in [0, 0.05) is 51.4 Å². The van der Waals surface area contributed by atoms with E-state index in [4.69, 9.17) is 5.73 Å². The highest BCUT2D eigenvalue weighted by Crippen LogP contribution is 2.08. The Morgan fingerprint density at radius 3 is 2.33 bits per heavy atom. The van der Waals surface area contributed by atoms with Gasteiger partial charge in [-0.1, -0.05) is 30.3 Å². The Kier molecular flexibility index (Phi) is 7.06. The molecular formula is C19H33N5. The lowest BCUT2D eigenvalue weighted by molar-refractivity contribution is 0.127. The third-order valence-electron chi connectivity index (χ3n) is 4.13. The Hall–Kier alpha value is -1.59. The van der Waals surface area contributed by atoms with Crippen molar-refractivity contribution in [1.82, 2.24) is 15.1 Å². The molecule has 0 bridgehead atoms. The number of nitrogens with zero attached hydrogens (tertiary/aromatic N) is 3. The summed E-state index contributed by atoms with van der Waals surface area (Å²) >= 11 is 0. The van der Waals surface area contributed by atoms with Crippen LogP contribution >= 0.6 is 0 Å². The highest BCUT2D eigenvalue weighted by molar-refractivity contribution is 5.78. The first kappa shape index (κ1) is 18.7. The molecule has 0 atom stereocenters. The van der Waals surface area contributed by atoms with Gasteiger partial charge in [-0.15, -0.1) is 0 Å². The summed E-state index contributed by atoms with van der Waals surface area (Å²) < 4.78 is 0. The van der Waals surface area contributed by atoms with Crippen LogP contribution in [0.1, 0.15) is 32.8 Å².